The van der Waals surface area contributed by atoms with Crippen molar-refractivity contribution >= 4 is 48.3 Å². The number of fused-ring (bicyclic) bond motifs is 3. The summed E-state index contributed by atoms with van der Waals surface area (Å²) in [5, 5.41) is 2.23. The van der Waals surface area contributed by atoms with Gasteiger partial charge >= 0.3 is 0 Å². The van der Waals surface area contributed by atoms with E-state index < -0.39 is 15.9 Å². The average molecular weight is 496 g/mol. The molecule has 1 aromatic heterocycles. The zero-order chi connectivity index (χ0) is 24.0. The molecule has 0 spiro atoms. The van der Waals surface area contributed by atoms with Crippen LogP contribution >= 0.6 is 11.3 Å². The van der Waals surface area contributed by atoms with Crippen LogP contribution < -0.4 is 4.80 Å². The first kappa shape index (κ1) is 22.9. The number of ether oxygens (including phenoxy) is 1. The maximum Gasteiger partial charge on any atom is 0.279 e. The van der Waals surface area contributed by atoms with Gasteiger partial charge in [-0.1, -0.05) is 41.7 Å². The normalized spacial score (nSPS) is 20.3. The zero-order valence-corrected chi connectivity index (χ0v) is 20.8. The molecule has 3 aromatic carbocycles. The smallest absolute Gasteiger partial charge is 0.279 e. The fourth-order valence-electron chi connectivity index (χ4n) is 4.42. The molecule has 176 valence electrons. The Bertz CT molecular complexity index is 1560. The van der Waals surface area contributed by atoms with Crippen LogP contribution in [0.3, 0.4) is 0 Å². The number of sulfonamides is 1. The second-order valence-electron chi connectivity index (χ2n) is 8.60. The lowest BCUT2D eigenvalue weighted by molar-refractivity contribution is -0.0440. The first-order chi connectivity index (χ1) is 16.2. The summed E-state index contributed by atoms with van der Waals surface area (Å²) in [4.78, 5) is 18.0. The molecule has 5 rings (SSSR count). The fourth-order valence-corrected chi connectivity index (χ4v) is 7.04. The average Bonchev–Trinajstić information content (AvgIpc) is 3.14. The monoisotopic (exact) mass is 495 g/mol. The Hall–Kier alpha value is -2.85. The number of morpholine rings is 1. The van der Waals surface area contributed by atoms with Crippen LogP contribution in [-0.2, 0) is 21.8 Å². The van der Waals surface area contributed by atoms with Gasteiger partial charge in [-0.25, -0.2) is 8.42 Å². The van der Waals surface area contributed by atoms with Gasteiger partial charge < -0.3 is 9.30 Å². The molecule has 4 aromatic rings. The number of thiazole rings is 1. The Kier molecular flexibility index (Phi) is 5.89. The second-order valence-corrected chi connectivity index (χ2v) is 11.5. The summed E-state index contributed by atoms with van der Waals surface area (Å²) in [6, 6.07) is 18.2. The summed E-state index contributed by atoms with van der Waals surface area (Å²) in [5.74, 6) is -0.413. The van der Waals surface area contributed by atoms with E-state index in [1.807, 2.05) is 43.7 Å². The largest absolute Gasteiger partial charge is 0.373 e. The Morgan fingerprint density at radius 1 is 1.00 bits per heavy atom. The molecular weight excluding hydrogens is 470 g/mol. The van der Waals surface area contributed by atoms with Crippen molar-refractivity contribution in [3.63, 3.8) is 0 Å². The highest BCUT2D eigenvalue weighted by Gasteiger charge is 2.32. The van der Waals surface area contributed by atoms with Crippen LogP contribution in [0.5, 0.6) is 0 Å². The van der Waals surface area contributed by atoms with Gasteiger partial charge in [0, 0.05) is 31.1 Å². The summed E-state index contributed by atoms with van der Waals surface area (Å²) in [5.41, 5.74) is 1.37. The van der Waals surface area contributed by atoms with Crippen LogP contribution in [0.1, 0.15) is 24.2 Å². The van der Waals surface area contributed by atoms with Gasteiger partial charge in [-0.3, -0.25) is 4.79 Å². The van der Waals surface area contributed by atoms with E-state index in [4.69, 9.17) is 4.74 Å². The number of aryl methyl sites for hydroxylation is 1. The van der Waals surface area contributed by atoms with Crippen molar-refractivity contribution in [3.8, 4) is 0 Å². The maximum absolute atomic E-state index is 13.1. The maximum atomic E-state index is 13.1. The summed E-state index contributed by atoms with van der Waals surface area (Å²) in [7, 11) is -1.76. The third-order valence-corrected chi connectivity index (χ3v) is 8.95. The lowest BCUT2D eigenvalue weighted by Crippen LogP contribution is -2.48. The molecule has 1 aliphatic heterocycles. The summed E-state index contributed by atoms with van der Waals surface area (Å²) in [6.07, 6.45) is -0.338. The Morgan fingerprint density at radius 3 is 2.38 bits per heavy atom. The quantitative estimate of drug-likeness (QED) is 0.431. The molecule has 0 N–H and O–H groups in total. The molecule has 34 heavy (non-hydrogen) atoms. The highest BCUT2D eigenvalue weighted by Crippen LogP contribution is 2.26. The van der Waals surface area contributed by atoms with Crippen molar-refractivity contribution < 1.29 is 17.9 Å². The molecule has 1 fully saturated rings. The minimum atomic E-state index is -3.66. The molecule has 0 saturated carbocycles. The third kappa shape index (κ3) is 4.09. The number of carbonyl (C=O) groups excluding carboxylic acids is 1. The van der Waals surface area contributed by atoms with E-state index in [1.54, 1.807) is 0 Å². The topological polar surface area (TPSA) is 81.0 Å². The van der Waals surface area contributed by atoms with Crippen LogP contribution in [-0.4, -0.2) is 48.5 Å². The Morgan fingerprint density at radius 2 is 1.68 bits per heavy atom. The van der Waals surface area contributed by atoms with Crippen molar-refractivity contribution in [1.29, 1.82) is 0 Å². The number of benzene rings is 3. The fraction of sp³-hybridized carbons (Fsp3) is 0.280. The third-order valence-electron chi connectivity index (χ3n) is 6.01. The zero-order valence-electron chi connectivity index (χ0n) is 19.1. The Labute approximate surface area is 202 Å². The SMILES string of the molecule is C[C@@H]1CN(S(=O)(=O)c2ccc(C(=O)N=c3sc4ccc5ccccc5c4n3C)cc2)C[C@H](C)O1. The van der Waals surface area contributed by atoms with Gasteiger partial charge in [-0.05, 0) is 49.6 Å². The van der Waals surface area contributed by atoms with E-state index in [1.165, 1.54) is 39.9 Å². The summed E-state index contributed by atoms with van der Waals surface area (Å²) >= 11 is 1.45. The highest BCUT2D eigenvalue weighted by molar-refractivity contribution is 7.89. The lowest BCUT2D eigenvalue weighted by atomic mass is 10.1. The van der Waals surface area contributed by atoms with Crippen LogP contribution in [0.15, 0.2) is 70.6 Å². The molecule has 0 bridgehead atoms. The standard InChI is InChI=1S/C25H25N3O4S2/c1-16-14-28(15-17(2)32-16)34(30,31)20-11-8-19(9-12-20)24(29)26-25-27(3)23-21-7-5-4-6-18(21)10-13-22(23)33-25/h4-13,16-17H,14-15H2,1-3H3/t16-,17+. The van der Waals surface area contributed by atoms with E-state index in [-0.39, 0.29) is 17.1 Å². The van der Waals surface area contributed by atoms with Gasteiger partial charge in [0.15, 0.2) is 4.80 Å². The number of rotatable bonds is 3. The van der Waals surface area contributed by atoms with Crippen molar-refractivity contribution in [1.82, 2.24) is 8.87 Å². The van der Waals surface area contributed by atoms with Gasteiger partial charge in [0.2, 0.25) is 10.0 Å². The first-order valence-corrected chi connectivity index (χ1v) is 13.3. The highest BCUT2D eigenvalue weighted by atomic mass is 32.2. The number of amides is 1. The van der Waals surface area contributed by atoms with Crippen molar-refractivity contribution in [2.75, 3.05) is 13.1 Å². The van der Waals surface area contributed by atoms with E-state index in [9.17, 15) is 13.2 Å². The summed E-state index contributed by atoms with van der Waals surface area (Å²) < 4.78 is 36.2. The molecule has 2 atom stereocenters. The van der Waals surface area contributed by atoms with Crippen LogP contribution in [0.4, 0.5) is 0 Å². The molecule has 0 unspecified atom stereocenters. The molecule has 1 amide bonds. The van der Waals surface area contributed by atoms with Crippen LogP contribution in [0.2, 0.25) is 0 Å². The van der Waals surface area contributed by atoms with Gasteiger partial charge in [0.25, 0.3) is 5.91 Å². The predicted octanol–water partition coefficient (Wildman–Crippen LogP) is 3.93. The van der Waals surface area contributed by atoms with E-state index in [0.717, 1.165) is 21.0 Å². The minimum Gasteiger partial charge on any atom is -0.373 e. The minimum absolute atomic E-state index is 0.157. The van der Waals surface area contributed by atoms with Crippen molar-refractivity contribution in [3.05, 3.63) is 71.0 Å². The van der Waals surface area contributed by atoms with Gasteiger partial charge in [0.05, 0.1) is 27.3 Å². The Balaban J connectivity index is 1.45. The molecule has 0 radical (unpaired) electrons. The predicted molar refractivity (Wildman–Crippen MR) is 133 cm³/mol. The molecular formula is C25H25N3O4S2. The molecule has 1 aliphatic rings. The number of aromatic nitrogens is 1. The van der Waals surface area contributed by atoms with Crippen LogP contribution in [0.25, 0.3) is 21.0 Å². The van der Waals surface area contributed by atoms with Crippen LogP contribution in [0, 0.1) is 0 Å². The van der Waals surface area contributed by atoms with E-state index in [0.29, 0.717) is 23.5 Å². The molecule has 9 heteroatoms. The number of hydrogen-bond acceptors (Lipinski definition) is 5. The van der Waals surface area contributed by atoms with E-state index >= 15 is 0 Å². The number of carbonyl (C=O) groups is 1. The first-order valence-electron chi connectivity index (χ1n) is 11.1. The lowest BCUT2D eigenvalue weighted by Gasteiger charge is -2.34. The van der Waals surface area contributed by atoms with E-state index in [2.05, 4.69) is 23.2 Å². The molecule has 1 saturated heterocycles. The van der Waals surface area contributed by atoms with Crippen molar-refractivity contribution in [2.24, 2.45) is 12.0 Å². The second kappa shape index (κ2) is 8.74. The molecule has 0 aliphatic carbocycles. The molecule has 2 heterocycles. The van der Waals surface area contributed by atoms with Gasteiger partial charge in [0.1, 0.15) is 0 Å². The van der Waals surface area contributed by atoms with Gasteiger partial charge in [-0.2, -0.15) is 9.30 Å². The number of nitrogens with zero attached hydrogens (tertiary/aromatic N) is 3. The van der Waals surface area contributed by atoms with Gasteiger partial charge in [-0.15, -0.1) is 0 Å². The van der Waals surface area contributed by atoms with Crippen molar-refractivity contribution in [2.45, 2.75) is 31.0 Å². The molecule has 7 nitrogen and oxygen atoms in total. The summed E-state index contributed by atoms with van der Waals surface area (Å²) in [6.45, 7) is 4.33. The number of hydrogen-bond donors (Lipinski definition) is 0.